The number of Topliss-reactive ketones (excluding diaryl/α,β-unsaturated/α-hetero) is 1. The fourth-order valence-electron chi connectivity index (χ4n) is 3.31. The number of carbonyl (C=O) groups excluding carboxylic acids is 1. The van der Waals surface area contributed by atoms with E-state index >= 15 is 0 Å². The summed E-state index contributed by atoms with van der Waals surface area (Å²) in [7, 11) is 0. The van der Waals surface area contributed by atoms with Gasteiger partial charge in [-0.05, 0) is 64.2 Å². The van der Waals surface area contributed by atoms with Crippen molar-refractivity contribution >= 4 is 5.78 Å². The summed E-state index contributed by atoms with van der Waals surface area (Å²) < 4.78 is 5.76. The van der Waals surface area contributed by atoms with Crippen molar-refractivity contribution in [3.05, 3.63) is 29.3 Å². The minimum Gasteiger partial charge on any atom is -0.490 e. The SMILES string of the molecule is CC(=O)c1cc(C2CCCCC2)ccc1OC[C@@H](O)CNC(C)(C)C. The van der Waals surface area contributed by atoms with Crippen LogP contribution in [0.4, 0.5) is 0 Å². The first kappa shape index (κ1) is 19.9. The number of aliphatic hydroxyl groups is 1. The number of benzene rings is 1. The lowest BCUT2D eigenvalue weighted by Crippen LogP contribution is -2.42. The van der Waals surface area contributed by atoms with E-state index in [9.17, 15) is 9.90 Å². The first-order valence-electron chi connectivity index (χ1n) is 9.47. The molecule has 2 N–H and O–H groups in total. The highest BCUT2D eigenvalue weighted by atomic mass is 16.5. The Kier molecular flexibility index (Phi) is 7.03. The maximum atomic E-state index is 12.0. The molecule has 2 rings (SSSR count). The first-order valence-corrected chi connectivity index (χ1v) is 9.47. The third-order valence-electron chi connectivity index (χ3n) is 4.76. The maximum absolute atomic E-state index is 12.0. The summed E-state index contributed by atoms with van der Waals surface area (Å²) in [5.41, 5.74) is 1.82. The van der Waals surface area contributed by atoms with Crippen LogP contribution in [-0.4, -0.2) is 35.7 Å². The third kappa shape index (κ3) is 6.44. The highest BCUT2D eigenvalue weighted by Crippen LogP contribution is 2.34. The largest absolute Gasteiger partial charge is 0.490 e. The van der Waals surface area contributed by atoms with Crippen molar-refractivity contribution in [1.29, 1.82) is 0 Å². The summed E-state index contributed by atoms with van der Waals surface area (Å²) in [6, 6.07) is 5.97. The van der Waals surface area contributed by atoms with Crippen molar-refractivity contribution in [2.45, 2.75) is 77.4 Å². The molecule has 1 fully saturated rings. The Labute approximate surface area is 152 Å². The zero-order chi connectivity index (χ0) is 18.4. The average molecular weight is 347 g/mol. The molecule has 4 heteroatoms. The lowest BCUT2D eigenvalue weighted by molar-refractivity contribution is 0.0950. The second-order valence-electron chi connectivity index (χ2n) is 8.24. The van der Waals surface area contributed by atoms with Gasteiger partial charge in [0.1, 0.15) is 18.5 Å². The fraction of sp³-hybridized carbons (Fsp3) is 0.667. The van der Waals surface area contributed by atoms with Crippen LogP contribution in [0.1, 0.15) is 81.6 Å². The van der Waals surface area contributed by atoms with Crippen molar-refractivity contribution < 1.29 is 14.6 Å². The number of aliphatic hydroxyl groups excluding tert-OH is 1. The quantitative estimate of drug-likeness (QED) is 0.730. The van der Waals surface area contributed by atoms with Gasteiger partial charge in [0.15, 0.2) is 5.78 Å². The molecule has 0 amide bonds. The zero-order valence-electron chi connectivity index (χ0n) is 16.1. The van der Waals surface area contributed by atoms with E-state index in [0.717, 1.165) is 0 Å². The van der Waals surface area contributed by atoms with E-state index in [0.29, 0.717) is 23.8 Å². The second kappa shape index (κ2) is 8.81. The Hall–Kier alpha value is -1.39. The molecule has 1 aliphatic carbocycles. The van der Waals surface area contributed by atoms with Crippen LogP contribution in [0, 0.1) is 0 Å². The highest BCUT2D eigenvalue weighted by Gasteiger charge is 2.19. The van der Waals surface area contributed by atoms with E-state index in [1.54, 1.807) is 6.92 Å². The van der Waals surface area contributed by atoms with E-state index in [-0.39, 0.29) is 17.9 Å². The smallest absolute Gasteiger partial charge is 0.163 e. The van der Waals surface area contributed by atoms with Crippen molar-refractivity contribution in [1.82, 2.24) is 5.32 Å². The van der Waals surface area contributed by atoms with Crippen molar-refractivity contribution in [2.75, 3.05) is 13.2 Å². The van der Waals surface area contributed by atoms with Crippen LogP contribution in [0.15, 0.2) is 18.2 Å². The van der Waals surface area contributed by atoms with Crippen LogP contribution in [0.25, 0.3) is 0 Å². The Morgan fingerprint density at radius 1 is 1.28 bits per heavy atom. The van der Waals surface area contributed by atoms with Crippen LogP contribution in [0.3, 0.4) is 0 Å². The van der Waals surface area contributed by atoms with Gasteiger partial charge < -0.3 is 15.2 Å². The molecule has 1 aromatic carbocycles. The van der Waals surface area contributed by atoms with Crippen LogP contribution in [0.2, 0.25) is 0 Å². The summed E-state index contributed by atoms with van der Waals surface area (Å²) in [5.74, 6) is 1.14. The molecule has 0 spiro atoms. The van der Waals surface area contributed by atoms with Crippen molar-refractivity contribution in [3.63, 3.8) is 0 Å². The van der Waals surface area contributed by atoms with Gasteiger partial charge in [-0.3, -0.25) is 4.79 Å². The van der Waals surface area contributed by atoms with Crippen LogP contribution < -0.4 is 10.1 Å². The number of carbonyl (C=O) groups is 1. The minimum absolute atomic E-state index is 0.00923. The van der Waals surface area contributed by atoms with Crippen LogP contribution >= 0.6 is 0 Å². The number of hydrogen-bond donors (Lipinski definition) is 2. The van der Waals surface area contributed by atoms with Gasteiger partial charge in [-0.1, -0.05) is 25.3 Å². The van der Waals surface area contributed by atoms with Gasteiger partial charge in [-0.2, -0.15) is 0 Å². The Bertz CT molecular complexity index is 571. The highest BCUT2D eigenvalue weighted by molar-refractivity contribution is 5.97. The fourth-order valence-corrected chi connectivity index (χ4v) is 3.31. The standard InChI is InChI=1S/C21H33NO3/c1-15(23)19-12-17(16-8-6-5-7-9-16)10-11-20(19)25-14-18(24)13-22-21(2,3)4/h10-12,16,18,22,24H,5-9,13-14H2,1-4H3/t18-/m0/s1. The predicted octanol–water partition coefficient (Wildman–Crippen LogP) is 4.06. The predicted molar refractivity (Wildman–Crippen MR) is 102 cm³/mol. The summed E-state index contributed by atoms with van der Waals surface area (Å²) >= 11 is 0. The molecule has 140 valence electrons. The molecule has 1 aromatic rings. The topological polar surface area (TPSA) is 58.6 Å². The third-order valence-corrected chi connectivity index (χ3v) is 4.76. The van der Waals surface area contributed by atoms with E-state index in [4.69, 9.17) is 4.74 Å². The number of rotatable bonds is 7. The molecule has 0 aliphatic heterocycles. The Morgan fingerprint density at radius 3 is 2.56 bits per heavy atom. The molecule has 0 heterocycles. The molecular formula is C21H33NO3. The monoisotopic (exact) mass is 347 g/mol. The van der Waals surface area contributed by atoms with Gasteiger partial charge in [0.2, 0.25) is 0 Å². The summed E-state index contributed by atoms with van der Waals surface area (Å²) in [4.78, 5) is 12.0. The second-order valence-corrected chi connectivity index (χ2v) is 8.24. The lowest BCUT2D eigenvalue weighted by atomic mass is 9.83. The molecule has 1 saturated carbocycles. The average Bonchev–Trinajstić information content (AvgIpc) is 2.58. The Balaban J connectivity index is 2.01. The lowest BCUT2D eigenvalue weighted by Gasteiger charge is -2.24. The first-order chi connectivity index (χ1) is 11.8. The van der Waals surface area contributed by atoms with Crippen molar-refractivity contribution in [2.24, 2.45) is 0 Å². The molecule has 1 aliphatic rings. The molecule has 25 heavy (non-hydrogen) atoms. The molecule has 0 aromatic heterocycles. The molecule has 4 nitrogen and oxygen atoms in total. The van der Waals surface area contributed by atoms with Gasteiger partial charge >= 0.3 is 0 Å². The Morgan fingerprint density at radius 2 is 1.96 bits per heavy atom. The van der Waals surface area contributed by atoms with Gasteiger partial charge in [0.05, 0.1) is 5.56 Å². The zero-order valence-corrected chi connectivity index (χ0v) is 16.1. The molecule has 0 unspecified atom stereocenters. The number of β-amino-alcohol motifs (C(OH)–C–C–N with tert-alkyl or cyclic N) is 1. The molecule has 0 radical (unpaired) electrons. The number of hydrogen-bond acceptors (Lipinski definition) is 4. The van der Waals surface area contributed by atoms with Crippen molar-refractivity contribution in [3.8, 4) is 5.75 Å². The molecule has 0 saturated heterocycles. The van der Waals surface area contributed by atoms with Gasteiger partial charge in [-0.15, -0.1) is 0 Å². The van der Waals surface area contributed by atoms with Gasteiger partial charge in [0.25, 0.3) is 0 Å². The molecular weight excluding hydrogens is 314 g/mol. The van der Waals surface area contributed by atoms with Crippen LogP contribution in [-0.2, 0) is 0 Å². The normalized spacial score (nSPS) is 17.3. The molecule has 1 atom stereocenters. The maximum Gasteiger partial charge on any atom is 0.163 e. The van der Waals surface area contributed by atoms with E-state index in [1.807, 2.05) is 12.1 Å². The number of nitrogens with one attached hydrogen (secondary N) is 1. The van der Waals surface area contributed by atoms with Gasteiger partial charge in [-0.25, -0.2) is 0 Å². The number of ether oxygens (including phenoxy) is 1. The summed E-state index contributed by atoms with van der Waals surface area (Å²) in [6.45, 7) is 8.37. The summed E-state index contributed by atoms with van der Waals surface area (Å²) in [5, 5.41) is 13.3. The van der Waals surface area contributed by atoms with E-state index < -0.39 is 6.10 Å². The van der Waals surface area contributed by atoms with Crippen LogP contribution in [0.5, 0.6) is 5.75 Å². The number of ketones is 1. The minimum atomic E-state index is -0.614. The van der Waals surface area contributed by atoms with Gasteiger partial charge in [0, 0.05) is 12.1 Å². The van der Waals surface area contributed by atoms with E-state index in [2.05, 4.69) is 32.2 Å². The van der Waals surface area contributed by atoms with E-state index in [1.165, 1.54) is 37.7 Å². The summed E-state index contributed by atoms with van der Waals surface area (Å²) in [6.07, 6.45) is 5.65. The molecule has 0 bridgehead atoms.